The number of carbonyl (C=O) groups is 1. The van der Waals surface area contributed by atoms with Gasteiger partial charge >= 0.3 is 0 Å². The van der Waals surface area contributed by atoms with Gasteiger partial charge in [-0.1, -0.05) is 0 Å². The molecule has 35 heavy (non-hydrogen) atoms. The summed E-state index contributed by atoms with van der Waals surface area (Å²) >= 11 is 2.30. The first kappa shape index (κ1) is 23.1. The third-order valence-electron chi connectivity index (χ3n) is 7.79. The number of alkyl halides is 2. The van der Waals surface area contributed by atoms with Gasteiger partial charge in [-0.2, -0.15) is 5.10 Å². The fourth-order valence-corrected chi connectivity index (χ4v) is 5.99. The van der Waals surface area contributed by atoms with Crippen molar-refractivity contribution in [3.05, 3.63) is 51.2 Å². The smallest absolute Gasteiger partial charge is 0.272 e. The van der Waals surface area contributed by atoms with Crippen LogP contribution in [-0.4, -0.2) is 52.7 Å². The lowest BCUT2D eigenvalue weighted by molar-refractivity contribution is -0.134. The van der Waals surface area contributed by atoms with E-state index in [-0.39, 0.29) is 19.0 Å². The van der Waals surface area contributed by atoms with Crippen molar-refractivity contribution in [3.8, 4) is 0 Å². The molecule has 1 spiro atoms. The van der Waals surface area contributed by atoms with Crippen LogP contribution in [0.2, 0.25) is 0 Å². The first-order chi connectivity index (χ1) is 16.7. The molecule has 0 unspecified atom stereocenters. The molecule has 6 nitrogen and oxygen atoms in total. The van der Waals surface area contributed by atoms with Crippen molar-refractivity contribution in [1.29, 1.82) is 0 Å². The summed E-state index contributed by atoms with van der Waals surface area (Å²) in [5, 5.41) is 8.49. The van der Waals surface area contributed by atoms with Crippen LogP contribution < -0.4 is 10.2 Å². The number of piperidine rings is 1. The SMILES string of the molecule is Cn1nc(CN2CC(F)(F)C2)c2cc(NC(=O)c3ccc(I)cc3N3CCC4(CC3)CC4)ccc21. The van der Waals surface area contributed by atoms with Crippen LogP contribution >= 0.6 is 22.6 Å². The Kier molecular flexibility index (Phi) is 5.55. The lowest BCUT2D eigenvalue weighted by Crippen LogP contribution is -2.55. The van der Waals surface area contributed by atoms with Crippen molar-refractivity contribution >= 4 is 50.8 Å². The van der Waals surface area contributed by atoms with E-state index in [1.165, 1.54) is 25.7 Å². The first-order valence-electron chi connectivity index (χ1n) is 12.1. The number of nitrogens with one attached hydrogen (secondary N) is 1. The number of amides is 1. The molecule has 2 saturated heterocycles. The predicted octanol–water partition coefficient (Wildman–Crippen LogP) is 5.26. The van der Waals surface area contributed by atoms with Gasteiger partial charge in [0.05, 0.1) is 35.6 Å². The molecule has 184 valence electrons. The molecular weight excluding hydrogens is 563 g/mol. The van der Waals surface area contributed by atoms with Crippen molar-refractivity contribution in [1.82, 2.24) is 14.7 Å². The highest BCUT2D eigenvalue weighted by Gasteiger charge is 2.45. The quantitative estimate of drug-likeness (QED) is 0.412. The van der Waals surface area contributed by atoms with E-state index in [1.54, 1.807) is 9.58 Å². The summed E-state index contributed by atoms with van der Waals surface area (Å²) in [5.74, 6) is -2.75. The Morgan fingerprint density at radius 3 is 2.51 bits per heavy atom. The maximum absolute atomic E-state index is 13.4. The molecule has 3 aliphatic rings. The average Bonchev–Trinajstić information content (AvgIpc) is 3.48. The Balaban J connectivity index is 1.23. The number of nitrogens with zero attached hydrogens (tertiary/aromatic N) is 4. The zero-order chi connectivity index (χ0) is 24.4. The molecule has 1 aromatic heterocycles. The number of aryl methyl sites for hydroxylation is 1. The number of benzene rings is 2. The van der Waals surface area contributed by atoms with E-state index in [0.717, 1.165) is 38.9 Å². The van der Waals surface area contributed by atoms with E-state index in [0.29, 0.717) is 23.2 Å². The van der Waals surface area contributed by atoms with E-state index in [1.807, 2.05) is 37.4 Å². The molecule has 1 saturated carbocycles. The molecule has 1 N–H and O–H groups in total. The third-order valence-corrected chi connectivity index (χ3v) is 8.47. The Labute approximate surface area is 216 Å². The summed E-state index contributed by atoms with van der Waals surface area (Å²) in [6.07, 6.45) is 5.09. The second-order valence-electron chi connectivity index (χ2n) is 10.4. The van der Waals surface area contributed by atoms with Gasteiger partial charge in [-0.3, -0.25) is 14.4 Å². The fourth-order valence-electron chi connectivity index (χ4n) is 5.52. The van der Waals surface area contributed by atoms with Crippen LogP contribution in [-0.2, 0) is 13.6 Å². The molecule has 0 bridgehead atoms. The summed E-state index contributed by atoms with van der Waals surface area (Å²) in [5.41, 5.74) is 4.56. The monoisotopic (exact) mass is 591 g/mol. The number of anilines is 2. The fraction of sp³-hybridized carbons (Fsp3) is 0.462. The van der Waals surface area contributed by atoms with E-state index >= 15 is 0 Å². The summed E-state index contributed by atoms with van der Waals surface area (Å²) in [7, 11) is 1.84. The molecule has 2 aromatic carbocycles. The number of hydrogen-bond acceptors (Lipinski definition) is 4. The highest BCUT2D eigenvalue weighted by atomic mass is 127. The number of halogens is 3. The molecule has 2 aliphatic heterocycles. The number of likely N-dealkylation sites (tertiary alicyclic amines) is 1. The second kappa shape index (κ2) is 8.40. The van der Waals surface area contributed by atoms with Gasteiger partial charge in [0.2, 0.25) is 0 Å². The normalized spacial score (nSPS) is 20.7. The Morgan fingerprint density at radius 1 is 1.09 bits per heavy atom. The van der Waals surface area contributed by atoms with Crippen LogP contribution in [0.15, 0.2) is 36.4 Å². The Morgan fingerprint density at radius 2 is 1.83 bits per heavy atom. The van der Waals surface area contributed by atoms with E-state index < -0.39 is 5.92 Å². The number of aromatic nitrogens is 2. The van der Waals surface area contributed by atoms with Crippen LogP contribution in [0.5, 0.6) is 0 Å². The van der Waals surface area contributed by atoms with Gasteiger partial charge in [-0.25, -0.2) is 8.78 Å². The molecule has 0 atom stereocenters. The number of fused-ring (bicyclic) bond motifs is 1. The number of rotatable bonds is 5. The van der Waals surface area contributed by atoms with Gasteiger partial charge in [0.1, 0.15) is 0 Å². The predicted molar refractivity (Wildman–Crippen MR) is 141 cm³/mol. The summed E-state index contributed by atoms with van der Waals surface area (Å²) < 4.78 is 29.5. The summed E-state index contributed by atoms with van der Waals surface area (Å²) in [4.78, 5) is 17.4. The van der Waals surface area contributed by atoms with Gasteiger partial charge in [-0.15, -0.1) is 0 Å². The highest BCUT2D eigenvalue weighted by Crippen LogP contribution is 2.54. The third kappa shape index (κ3) is 4.52. The largest absolute Gasteiger partial charge is 0.371 e. The van der Waals surface area contributed by atoms with Crippen LogP contribution in [0.1, 0.15) is 41.7 Å². The van der Waals surface area contributed by atoms with Crippen molar-refractivity contribution in [2.24, 2.45) is 12.5 Å². The zero-order valence-electron chi connectivity index (χ0n) is 19.7. The van der Waals surface area contributed by atoms with Gasteiger partial charge < -0.3 is 10.2 Å². The van der Waals surface area contributed by atoms with E-state index in [4.69, 9.17) is 0 Å². The number of hydrogen-bond donors (Lipinski definition) is 1. The highest BCUT2D eigenvalue weighted by molar-refractivity contribution is 14.1. The van der Waals surface area contributed by atoms with Crippen LogP contribution in [0.4, 0.5) is 20.2 Å². The van der Waals surface area contributed by atoms with Crippen molar-refractivity contribution < 1.29 is 13.6 Å². The summed E-state index contributed by atoms with van der Waals surface area (Å²) in [6.45, 7) is 1.85. The van der Waals surface area contributed by atoms with Gasteiger partial charge in [0.25, 0.3) is 11.8 Å². The standard InChI is InChI=1S/C26H28F2IN5O/c1-32-22-5-3-18(13-20(22)21(31-32)14-33-15-26(27,28)16-33)30-24(35)19-4-2-17(29)12-23(19)34-10-8-25(6-7-25)9-11-34/h2-5,12-13H,6-11,14-16H2,1H3,(H,30,35). The minimum absolute atomic E-state index is 0.143. The van der Waals surface area contributed by atoms with Crippen LogP contribution in [0.3, 0.4) is 0 Å². The lowest BCUT2D eigenvalue weighted by Gasteiger charge is -2.38. The topological polar surface area (TPSA) is 53.4 Å². The van der Waals surface area contributed by atoms with Crippen molar-refractivity contribution in [2.75, 3.05) is 36.4 Å². The van der Waals surface area contributed by atoms with Crippen molar-refractivity contribution in [2.45, 2.75) is 38.2 Å². The molecular formula is C26H28F2IN5O. The molecule has 0 radical (unpaired) electrons. The average molecular weight is 591 g/mol. The molecule has 3 aromatic rings. The first-order valence-corrected chi connectivity index (χ1v) is 13.2. The molecule has 9 heteroatoms. The molecule has 6 rings (SSSR count). The molecule has 3 fully saturated rings. The second-order valence-corrected chi connectivity index (χ2v) is 11.7. The summed E-state index contributed by atoms with van der Waals surface area (Å²) in [6, 6.07) is 11.7. The minimum Gasteiger partial charge on any atom is -0.371 e. The van der Waals surface area contributed by atoms with Gasteiger partial charge in [0, 0.05) is 41.3 Å². The van der Waals surface area contributed by atoms with Gasteiger partial charge in [0.15, 0.2) is 0 Å². The van der Waals surface area contributed by atoms with E-state index in [9.17, 15) is 13.6 Å². The Bertz CT molecular complexity index is 1300. The van der Waals surface area contributed by atoms with Crippen molar-refractivity contribution in [3.63, 3.8) is 0 Å². The Hall–Kier alpha value is -2.27. The zero-order valence-corrected chi connectivity index (χ0v) is 21.8. The van der Waals surface area contributed by atoms with Gasteiger partial charge in [-0.05, 0) is 90.1 Å². The number of carbonyl (C=O) groups excluding carboxylic acids is 1. The maximum atomic E-state index is 13.4. The maximum Gasteiger partial charge on any atom is 0.272 e. The molecule has 1 amide bonds. The molecule has 1 aliphatic carbocycles. The van der Waals surface area contributed by atoms with Crippen LogP contribution in [0, 0.1) is 8.99 Å². The van der Waals surface area contributed by atoms with E-state index in [2.05, 4.69) is 44.0 Å². The lowest BCUT2D eigenvalue weighted by atomic mass is 9.93. The van der Waals surface area contributed by atoms with Crippen LogP contribution in [0.25, 0.3) is 10.9 Å². The molecule has 3 heterocycles. The minimum atomic E-state index is -2.61.